The molecule has 80 valence electrons. The van der Waals surface area contributed by atoms with Crippen molar-refractivity contribution >= 4 is 27.3 Å². The minimum atomic E-state index is -0.667. The van der Waals surface area contributed by atoms with Crippen molar-refractivity contribution in [1.29, 1.82) is 0 Å². The molecule has 0 aromatic carbocycles. The third-order valence-electron chi connectivity index (χ3n) is 2.19. The number of hydrogen-bond acceptors (Lipinski definition) is 3. The molecule has 2 rings (SSSR count). The van der Waals surface area contributed by atoms with Gasteiger partial charge in [0.05, 0.1) is 10.7 Å². The van der Waals surface area contributed by atoms with E-state index >= 15 is 0 Å². The highest BCUT2D eigenvalue weighted by Crippen LogP contribution is 2.33. The van der Waals surface area contributed by atoms with E-state index < -0.39 is 6.10 Å². The first kappa shape index (κ1) is 10.9. The van der Waals surface area contributed by atoms with Gasteiger partial charge >= 0.3 is 0 Å². The molecule has 4 heteroatoms. The lowest BCUT2D eigenvalue weighted by Crippen LogP contribution is -1.95. The molecular weight excluding hydrogens is 276 g/mol. The molecule has 2 nitrogen and oxygen atoms in total. The van der Waals surface area contributed by atoms with Gasteiger partial charge in [-0.25, -0.2) is 0 Å². The highest BCUT2D eigenvalue weighted by Gasteiger charge is 2.18. The smallest absolute Gasteiger partial charge is 0.151 e. The van der Waals surface area contributed by atoms with Crippen LogP contribution in [0.25, 0.3) is 0 Å². The summed E-state index contributed by atoms with van der Waals surface area (Å²) in [7, 11) is 0. The van der Waals surface area contributed by atoms with Crippen LogP contribution in [0.5, 0.6) is 0 Å². The highest BCUT2D eigenvalue weighted by molar-refractivity contribution is 9.10. The minimum Gasteiger partial charge on any atom is -0.465 e. The van der Waals surface area contributed by atoms with Crippen LogP contribution in [0.3, 0.4) is 0 Å². The Labute approximate surface area is 101 Å². The SMILES string of the molecule is CCc1ccc(C(O)c2occc2Br)s1. The Morgan fingerprint density at radius 3 is 2.80 bits per heavy atom. The number of rotatable bonds is 3. The number of thiophene rings is 1. The van der Waals surface area contributed by atoms with E-state index in [9.17, 15) is 5.11 Å². The summed E-state index contributed by atoms with van der Waals surface area (Å²) in [6, 6.07) is 5.77. The summed E-state index contributed by atoms with van der Waals surface area (Å²) in [6.45, 7) is 2.10. The van der Waals surface area contributed by atoms with Gasteiger partial charge in [0.15, 0.2) is 5.76 Å². The summed E-state index contributed by atoms with van der Waals surface area (Å²) >= 11 is 4.96. The van der Waals surface area contributed by atoms with Gasteiger partial charge in [-0.3, -0.25) is 0 Å². The first-order chi connectivity index (χ1) is 7.22. The third kappa shape index (κ3) is 2.17. The predicted octanol–water partition coefficient (Wildman–Crippen LogP) is 3.75. The van der Waals surface area contributed by atoms with E-state index in [0.717, 1.165) is 15.8 Å². The second kappa shape index (κ2) is 4.51. The van der Waals surface area contributed by atoms with Crippen molar-refractivity contribution in [1.82, 2.24) is 0 Å². The topological polar surface area (TPSA) is 33.4 Å². The number of hydrogen-bond donors (Lipinski definition) is 1. The Morgan fingerprint density at radius 2 is 2.27 bits per heavy atom. The Bertz CT molecular complexity index is 447. The fourth-order valence-corrected chi connectivity index (χ4v) is 2.72. The lowest BCUT2D eigenvalue weighted by Gasteiger charge is -2.05. The van der Waals surface area contributed by atoms with Gasteiger partial charge < -0.3 is 9.52 Å². The summed E-state index contributed by atoms with van der Waals surface area (Å²) < 4.78 is 6.04. The van der Waals surface area contributed by atoms with E-state index in [1.165, 1.54) is 4.88 Å². The fourth-order valence-electron chi connectivity index (χ4n) is 1.36. The number of furan rings is 1. The van der Waals surface area contributed by atoms with E-state index in [1.54, 1.807) is 23.7 Å². The molecule has 0 aliphatic carbocycles. The highest BCUT2D eigenvalue weighted by atomic mass is 79.9. The molecule has 2 aromatic heterocycles. The van der Waals surface area contributed by atoms with Gasteiger partial charge in [-0.15, -0.1) is 11.3 Å². The Balaban J connectivity index is 2.28. The molecule has 0 aliphatic heterocycles. The number of aliphatic hydroxyl groups is 1. The van der Waals surface area contributed by atoms with Crippen molar-refractivity contribution in [3.05, 3.63) is 44.4 Å². The lowest BCUT2D eigenvalue weighted by atomic mass is 10.2. The van der Waals surface area contributed by atoms with Crippen LogP contribution in [0.4, 0.5) is 0 Å². The van der Waals surface area contributed by atoms with Gasteiger partial charge in [0.25, 0.3) is 0 Å². The standard InChI is InChI=1S/C11H11BrO2S/c1-2-7-3-4-9(15-7)10(13)11-8(12)5-6-14-11/h3-6,10,13H,2H2,1H3. The molecule has 0 spiro atoms. The summed E-state index contributed by atoms with van der Waals surface area (Å²) in [4.78, 5) is 2.19. The Morgan fingerprint density at radius 1 is 1.47 bits per heavy atom. The largest absolute Gasteiger partial charge is 0.465 e. The van der Waals surface area contributed by atoms with E-state index in [0.29, 0.717) is 5.76 Å². The fraction of sp³-hybridized carbons (Fsp3) is 0.273. The van der Waals surface area contributed by atoms with Gasteiger partial charge in [-0.05, 0) is 40.5 Å². The average Bonchev–Trinajstić information content (AvgIpc) is 2.84. The molecule has 2 heterocycles. The lowest BCUT2D eigenvalue weighted by molar-refractivity contribution is 0.192. The van der Waals surface area contributed by atoms with Crippen LogP contribution >= 0.6 is 27.3 Å². The molecule has 0 saturated carbocycles. The minimum absolute atomic E-state index is 0.569. The summed E-state index contributed by atoms with van der Waals surface area (Å²) in [5.74, 6) is 0.569. The van der Waals surface area contributed by atoms with E-state index in [4.69, 9.17) is 4.42 Å². The van der Waals surface area contributed by atoms with Gasteiger partial charge in [-0.1, -0.05) is 6.92 Å². The molecule has 1 unspecified atom stereocenters. The molecule has 0 saturated heterocycles. The molecule has 2 aromatic rings. The molecule has 0 aliphatic rings. The number of aliphatic hydroxyl groups excluding tert-OH is 1. The van der Waals surface area contributed by atoms with Crippen LogP contribution in [0.1, 0.15) is 28.5 Å². The van der Waals surface area contributed by atoms with Crippen molar-refractivity contribution in [3.8, 4) is 0 Å². The van der Waals surface area contributed by atoms with Crippen molar-refractivity contribution in [2.75, 3.05) is 0 Å². The molecule has 1 N–H and O–H groups in total. The maximum atomic E-state index is 10.1. The van der Waals surface area contributed by atoms with Gasteiger partial charge in [0, 0.05) is 9.75 Å². The molecule has 0 amide bonds. The van der Waals surface area contributed by atoms with E-state index in [1.807, 2.05) is 12.1 Å². The Kier molecular flexibility index (Phi) is 3.29. The van der Waals surface area contributed by atoms with Gasteiger partial charge in [0.1, 0.15) is 6.10 Å². The molecule has 0 bridgehead atoms. The van der Waals surface area contributed by atoms with Gasteiger partial charge in [-0.2, -0.15) is 0 Å². The molecule has 0 fully saturated rings. The van der Waals surface area contributed by atoms with Crippen molar-refractivity contribution in [3.63, 3.8) is 0 Å². The zero-order chi connectivity index (χ0) is 10.8. The maximum Gasteiger partial charge on any atom is 0.151 e. The van der Waals surface area contributed by atoms with Crippen LogP contribution in [0.2, 0.25) is 0 Å². The van der Waals surface area contributed by atoms with Crippen molar-refractivity contribution in [2.24, 2.45) is 0 Å². The van der Waals surface area contributed by atoms with Crippen molar-refractivity contribution < 1.29 is 9.52 Å². The number of aryl methyl sites for hydroxylation is 1. The summed E-state index contributed by atoms with van der Waals surface area (Å²) in [5.41, 5.74) is 0. The second-order valence-electron chi connectivity index (χ2n) is 3.19. The second-order valence-corrected chi connectivity index (χ2v) is 5.25. The zero-order valence-electron chi connectivity index (χ0n) is 8.24. The van der Waals surface area contributed by atoms with Crippen molar-refractivity contribution in [2.45, 2.75) is 19.4 Å². The van der Waals surface area contributed by atoms with E-state index in [-0.39, 0.29) is 0 Å². The first-order valence-corrected chi connectivity index (χ1v) is 6.33. The monoisotopic (exact) mass is 286 g/mol. The van der Waals surface area contributed by atoms with Crippen LogP contribution in [-0.4, -0.2) is 5.11 Å². The van der Waals surface area contributed by atoms with E-state index in [2.05, 4.69) is 22.9 Å². The third-order valence-corrected chi connectivity index (χ3v) is 4.13. The first-order valence-electron chi connectivity index (χ1n) is 4.72. The summed E-state index contributed by atoms with van der Waals surface area (Å²) in [5, 5.41) is 10.1. The number of halogens is 1. The quantitative estimate of drug-likeness (QED) is 0.932. The van der Waals surface area contributed by atoms with Crippen LogP contribution < -0.4 is 0 Å². The molecule has 1 atom stereocenters. The van der Waals surface area contributed by atoms with Crippen LogP contribution in [0, 0.1) is 0 Å². The molecule has 15 heavy (non-hydrogen) atoms. The molecular formula is C11H11BrO2S. The average molecular weight is 287 g/mol. The molecule has 0 radical (unpaired) electrons. The normalized spacial score (nSPS) is 13.0. The van der Waals surface area contributed by atoms with Crippen LogP contribution in [-0.2, 0) is 6.42 Å². The maximum absolute atomic E-state index is 10.1. The zero-order valence-corrected chi connectivity index (χ0v) is 10.6. The summed E-state index contributed by atoms with van der Waals surface area (Å²) in [6.07, 6.45) is 1.90. The predicted molar refractivity (Wildman–Crippen MR) is 64.2 cm³/mol. The Hall–Kier alpha value is -0.580. The van der Waals surface area contributed by atoms with Gasteiger partial charge in [0.2, 0.25) is 0 Å². The van der Waals surface area contributed by atoms with Crippen LogP contribution in [0.15, 0.2) is 33.4 Å².